The predicted molar refractivity (Wildman–Crippen MR) is 212 cm³/mol. The summed E-state index contributed by atoms with van der Waals surface area (Å²) in [4.78, 5) is 0. The Balaban J connectivity index is 8.18. The zero-order valence-corrected chi connectivity index (χ0v) is 32.2. The Morgan fingerprint density at radius 1 is 0.283 bits per heavy atom. The third kappa shape index (κ3) is 13.4. The number of hydrogen-bond donors (Lipinski definition) is 1. The van der Waals surface area contributed by atoms with Gasteiger partial charge in [0.15, 0.2) is 0 Å². The van der Waals surface area contributed by atoms with E-state index < -0.39 is 0 Å². The number of allylic oxidation sites excluding steroid dienone is 20. The molecule has 0 spiro atoms. The lowest BCUT2D eigenvalue weighted by Crippen LogP contribution is -2.11. The lowest BCUT2D eigenvalue weighted by molar-refractivity contribution is 1.08. The minimum Gasteiger partial charge on any atom is -0.398 e. The van der Waals surface area contributed by atoms with Crippen LogP contribution in [-0.2, 0) is 0 Å². The molecule has 0 aliphatic rings. The van der Waals surface area contributed by atoms with Gasteiger partial charge in [-0.1, -0.05) is 143 Å². The molecule has 256 valence electrons. The second-order valence-corrected chi connectivity index (χ2v) is 11.6. The van der Waals surface area contributed by atoms with Crippen molar-refractivity contribution in [2.75, 3.05) is 0 Å². The molecule has 0 aromatic rings. The fourth-order valence-electron chi connectivity index (χ4n) is 6.00. The van der Waals surface area contributed by atoms with Gasteiger partial charge in [0.25, 0.3) is 0 Å². The fraction of sp³-hybridized carbons (Fsp3) is 0.511. The summed E-state index contributed by atoms with van der Waals surface area (Å²) >= 11 is 0. The molecule has 46 heavy (non-hydrogen) atoms. The van der Waals surface area contributed by atoms with Crippen molar-refractivity contribution in [3.8, 4) is 0 Å². The first-order chi connectivity index (χ1) is 22.3. The number of hydrogen-bond acceptors (Lipinski definition) is 1. The molecule has 0 atom stereocenters. The monoisotopic (exact) mass is 626 g/mol. The van der Waals surface area contributed by atoms with Crippen LogP contribution in [0.25, 0.3) is 0 Å². The molecule has 0 bridgehead atoms. The molecule has 0 saturated carbocycles. The van der Waals surface area contributed by atoms with Gasteiger partial charge < -0.3 is 5.73 Å². The molecule has 2 N–H and O–H groups in total. The highest BCUT2D eigenvalue weighted by Crippen LogP contribution is 2.42. The summed E-state index contributed by atoms with van der Waals surface area (Å²) < 4.78 is 0. The number of nitrogens with two attached hydrogens (primary N) is 1. The lowest BCUT2D eigenvalue weighted by atomic mass is 9.77. The van der Waals surface area contributed by atoms with E-state index in [0.717, 1.165) is 81.9 Å². The molecular weight excluding hydrogens is 555 g/mol. The van der Waals surface area contributed by atoms with Gasteiger partial charge in [0.2, 0.25) is 0 Å². The quantitative estimate of drug-likeness (QED) is 0.126. The molecule has 0 fully saturated rings. The first kappa shape index (κ1) is 42.9. The SMILES string of the molecule is CCC=C(C)C(=CCC)C(=CCC)C(=CCC)C(=CCC)C(=CCC)C(=CCC)C(=CCC)C(=CCC)C(=CCC)C(N)=CCC. The Morgan fingerprint density at radius 2 is 0.478 bits per heavy atom. The van der Waals surface area contributed by atoms with E-state index in [0.29, 0.717) is 0 Å². The van der Waals surface area contributed by atoms with Crippen LogP contribution >= 0.6 is 0 Å². The van der Waals surface area contributed by atoms with Crippen molar-refractivity contribution in [3.05, 3.63) is 128 Å². The maximum Gasteiger partial charge on any atom is 0.0349 e. The maximum absolute atomic E-state index is 6.82. The molecule has 0 aromatic carbocycles. The van der Waals surface area contributed by atoms with Gasteiger partial charge in [-0.25, -0.2) is 0 Å². The van der Waals surface area contributed by atoms with E-state index in [4.69, 9.17) is 5.73 Å². The van der Waals surface area contributed by atoms with Gasteiger partial charge in [0.1, 0.15) is 0 Å². The topological polar surface area (TPSA) is 26.0 Å². The highest BCUT2D eigenvalue weighted by Gasteiger charge is 2.24. The normalized spacial score (nSPS) is 16.1. The van der Waals surface area contributed by atoms with Crippen LogP contribution in [0.15, 0.2) is 128 Å². The Morgan fingerprint density at radius 3 is 0.739 bits per heavy atom. The highest BCUT2D eigenvalue weighted by atomic mass is 14.6. The van der Waals surface area contributed by atoms with Crippen LogP contribution in [0, 0.1) is 0 Å². The van der Waals surface area contributed by atoms with Crippen molar-refractivity contribution in [2.45, 2.75) is 154 Å². The van der Waals surface area contributed by atoms with Crippen molar-refractivity contribution < 1.29 is 0 Å². The van der Waals surface area contributed by atoms with Crippen molar-refractivity contribution in [1.29, 1.82) is 0 Å². The van der Waals surface area contributed by atoms with Crippen molar-refractivity contribution in [2.24, 2.45) is 5.73 Å². The van der Waals surface area contributed by atoms with Crippen molar-refractivity contribution in [3.63, 3.8) is 0 Å². The zero-order chi connectivity index (χ0) is 34.9. The molecule has 0 aromatic heterocycles. The second-order valence-electron chi connectivity index (χ2n) is 11.6. The largest absolute Gasteiger partial charge is 0.398 e. The first-order valence-corrected chi connectivity index (χ1v) is 18.7. The fourth-order valence-corrected chi connectivity index (χ4v) is 6.00. The Hall–Kier alpha value is -3.06. The maximum atomic E-state index is 6.82. The molecule has 1 nitrogen and oxygen atoms in total. The summed E-state index contributed by atoms with van der Waals surface area (Å²) in [6.45, 7) is 27.0. The van der Waals surface area contributed by atoms with Crippen molar-refractivity contribution >= 4 is 0 Å². The van der Waals surface area contributed by atoms with Gasteiger partial charge >= 0.3 is 0 Å². The molecule has 1 heteroatoms. The summed E-state index contributed by atoms with van der Waals surface area (Å²) in [6, 6.07) is 0. The Bertz CT molecular complexity index is 1160. The van der Waals surface area contributed by atoms with E-state index in [9.17, 15) is 0 Å². The van der Waals surface area contributed by atoms with Gasteiger partial charge in [-0.2, -0.15) is 0 Å². The Kier molecular flexibility index (Phi) is 24.3. The highest BCUT2D eigenvalue weighted by molar-refractivity contribution is 5.74. The van der Waals surface area contributed by atoms with E-state index in [2.05, 4.69) is 150 Å². The molecule has 0 rings (SSSR count). The molecule has 0 heterocycles. The van der Waals surface area contributed by atoms with E-state index >= 15 is 0 Å². The third-order valence-electron chi connectivity index (χ3n) is 7.67. The molecular formula is C45H71N. The molecule has 0 aliphatic carbocycles. The molecule has 0 unspecified atom stereocenters. The van der Waals surface area contributed by atoms with Crippen LogP contribution in [0.3, 0.4) is 0 Å². The summed E-state index contributed by atoms with van der Waals surface area (Å²) in [6.07, 6.45) is 37.0. The smallest absolute Gasteiger partial charge is 0.0349 e. The summed E-state index contributed by atoms with van der Waals surface area (Å²) in [5, 5.41) is 0. The standard InChI is InChI=1S/C45H71N/c1-13-24-35(12)36(25-14-2)37(26-15-3)38(27-16-4)39(28-17-5)40(29-18-6)41(30-19-7)42(31-20-8)43(32-21-9)44(33-22-10)45(46)34-23-11/h24-34H,13-23,46H2,1-12H3. The minimum absolute atomic E-state index is 0.875. The molecule has 0 amide bonds. The van der Waals surface area contributed by atoms with E-state index in [1.807, 2.05) is 0 Å². The molecule has 0 radical (unpaired) electrons. The van der Waals surface area contributed by atoms with Crippen LogP contribution in [0.2, 0.25) is 0 Å². The van der Waals surface area contributed by atoms with Gasteiger partial charge in [-0.3, -0.25) is 0 Å². The number of rotatable bonds is 21. The van der Waals surface area contributed by atoms with Gasteiger partial charge in [0, 0.05) is 11.3 Å². The Labute approximate surface area is 287 Å². The van der Waals surface area contributed by atoms with Crippen LogP contribution in [0.1, 0.15) is 154 Å². The minimum atomic E-state index is 0.875. The van der Waals surface area contributed by atoms with Crippen LogP contribution < -0.4 is 5.73 Å². The summed E-state index contributed by atoms with van der Waals surface area (Å²) in [5.74, 6) is 0. The average molecular weight is 626 g/mol. The van der Waals surface area contributed by atoms with Crippen molar-refractivity contribution in [1.82, 2.24) is 0 Å². The van der Waals surface area contributed by atoms with Crippen LogP contribution in [0.5, 0.6) is 0 Å². The zero-order valence-electron chi connectivity index (χ0n) is 32.2. The predicted octanol–water partition coefficient (Wildman–Crippen LogP) is 14.6. The lowest BCUT2D eigenvalue weighted by Gasteiger charge is -2.27. The van der Waals surface area contributed by atoms with E-state index in [1.165, 1.54) is 50.2 Å². The van der Waals surface area contributed by atoms with Gasteiger partial charge in [-0.15, -0.1) is 0 Å². The summed E-state index contributed by atoms with van der Waals surface area (Å²) in [7, 11) is 0. The van der Waals surface area contributed by atoms with Gasteiger partial charge in [-0.05, 0) is 128 Å². The van der Waals surface area contributed by atoms with E-state index in [1.54, 1.807) is 0 Å². The average Bonchev–Trinajstić information content (AvgIpc) is 3.03. The van der Waals surface area contributed by atoms with Crippen LogP contribution in [-0.4, -0.2) is 0 Å². The summed E-state index contributed by atoms with van der Waals surface area (Å²) in [5.41, 5.74) is 20.8. The van der Waals surface area contributed by atoms with Gasteiger partial charge in [0.05, 0.1) is 0 Å². The molecule has 0 aliphatic heterocycles. The second kappa shape index (κ2) is 26.1. The van der Waals surface area contributed by atoms with Crippen LogP contribution in [0.4, 0.5) is 0 Å². The first-order valence-electron chi connectivity index (χ1n) is 18.7. The van der Waals surface area contributed by atoms with E-state index in [-0.39, 0.29) is 0 Å². The third-order valence-corrected chi connectivity index (χ3v) is 7.67. The molecule has 0 saturated heterocycles.